The van der Waals surface area contributed by atoms with Crippen LogP contribution in [0.3, 0.4) is 0 Å². The molecule has 0 saturated heterocycles. The monoisotopic (exact) mass is 297 g/mol. The second-order valence-electron chi connectivity index (χ2n) is 5.99. The van der Waals surface area contributed by atoms with Crippen LogP contribution in [0.15, 0.2) is 0 Å². The molecule has 0 aliphatic heterocycles. The van der Waals surface area contributed by atoms with Crippen LogP contribution in [0.25, 0.3) is 0 Å². The third-order valence-corrected chi connectivity index (χ3v) is 4.39. The molecule has 0 bridgehead atoms. The molecule has 0 amide bonds. The minimum atomic E-state index is -0.196. The van der Waals surface area contributed by atoms with Gasteiger partial charge in [-0.1, -0.05) is 38.3 Å². The standard InChI is InChI=1S/C15H24ClN3O/c1-9(2)14-18-13(16)10(3)15(19-14)17-8-11-6-4-5-7-12(11)20/h9,11-12,20H,4-8H2,1-3H3,(H,17,18,19). The average molecular weight is 298 g/mol. The van der Waals surface area contributed by atoms with Crippen molar-refractivity contribution in [1.29, 1.82) is 0 Å². The van der Waals surface area contributed by atoms with Gasteiger partial charge in [-0.25, -0.2) is 9.97 Å². The molecule has 5 heteroatoms. The van der Waals surface area contributed by atoms with Crippen molar-refractivity contribution in [2.45, 2.75) is 58.5 Å². The Kier molecular flexibility index (Phi) is 5.22. The van der Waals surface area contributed by atoms with Crippen molar-refractivity contribution in [1.82, 2.24) is 9.97 Å². The summed E-state index contributed by atoms with van der Waals surface area (Å²) in [6.45, 7) is 6.77. The first-order valence-electron chi connectivity index (χ1n) is 7.45. The SMILES string of the molecule is Cc1c(Cl)nc(C(C)C)nc1NCC1CCCCC1O. The fourth-order valence-electron chi connectivity index (χ4n) is 2.59. The highest BCUT2D eigenvalue weighted by molar-refractivity contribution is 6.30. The highest BCUT2D eigenvalue weighted by Gasteiger charge is 2.23. The van der Waals surface area contributed by atoms with Crippen LogP contribution in [0.5, 0.6) is 0 Å². The van der Waals surface area contributed by atoms with Crippen molar-refractivity contribution in [2.75, 3.05) is 11.9 Å². The van der Waals surface area contributed by atoms with Crippen LogP contribution in [-0.4, -0.2) is 27.7 Å². The Morgan fingerprint density at radius 3 is 2.65 bits per heavy atom. The van der Waals surface area contributed by atoms with Crippen molar-refractivity contribution in [3.63, 3.8) is 0 Å². The molecule has 2 N–H and O–H groups in total. The summed E-state index contributed by atoms with van der Waals surface area (Å²) < 4.78 is 0. The summed E-state index contributed by atoms with van der Waals surface area (Å²) in [5.41, 5.74) is 0.876. The van der Waals surface area contributed by atoms with Crippen LogP contribution < -0.4 is 5.32 Å². The minimum absolute atomic E-state index is 0.196. The van der Waals surface area contributed by atoms with E-state index in [9.17, 15) is 5.11 Å². The average Bonchev–Trinajstić information content (AvgIpc) is 2.41. The Bertz CT molecular complexity index is 465. The molecule has 1 saturated carbocycles. The first-order valence-corrected chi connectivity index (χ1v) is 7.82. The summed E-state index contributed by atoms with van der Waals surface area (Å²) in [6.07, 6.45) is 4.12. The molecule has 1 aromatic rings. The molecule has 1 aromatic heterocycles. The molecule has 2 unspecified atom stereocenters. The van der Waals surface area contributed by atoms with Crippen molar-refractivity contribution in [3.8, 4) is 0 Å². The van der Waals surface area contributed by atoms with E-state index in [4.69, 9.17) is 11.6 Å². The van der Waals surface area contributed by atoms with Gasteiger partial charge in [-0.05, 0) is 19.8 Å². The summed E-state index contributed by atoms with van der Waals surface area (Å²) >= 11 is 6.17. The van der Waals surface area contributed by atoms with E-state index in [1.54, 1.807) is 0 Å². The molecule has 112 valence electrons. The second kappa shape index (κ2) is 6.72. The first-order chi connectivity index (χ1) is 9.49. The lowest BCUT2D eigenvalue weighted by Gasteiger charge is -2.28. The van der Waals surface area contributed by atoms with Gasteiger partial charge in [-0.15, -0.1) is 0 Å². The number of aliphatic hydroxyl groups excluding tert-OH is 1. The quantitative estimate of drug-likeness (QED) is 0.835. The normalized spacial score (nSPS) is 23.1. The Morgan fingerprint density at radius 1 is 1.30 bits per heavy atom. The predicted octanol–water partition coefficient (Wildman–Crippen LogP) is 3.52. The zero-order chi connectivity index (χ0) is 14.7. The first kappa shape index (κ1) is 15.5. The van der Waals surface area contributed by atoms with E-state index in [2.05, 4.69) is 29.1 Å². The van der Waals surface area contributed by atoms with E-state index in [0.717, 1.165) is 43.0 Å². The maximum absolute atomic E-state index is 10.0. The van der Waals surface area contributed by atoms with Gasteiger partial charge in [0.1, 0.15) is 16.8 Å². The van der Waals surface area contributed by atoms with Gasteiger partial charge in [0.15, 0.2) is 0 Å². The van der Waals surface area contributed by atoms with Gasteiger partial charge in [0, 0.05) is 23.9 Å². The van der Waals surface area contributed by atoms with Crippen molar-refractivity contribution in [2.24, 2.45) is 5.92 Å². The fraction of sp³-hybridized carbons (Fsp3) is 0.733. The lowest BCUT2D eigenvalue weighted by atomic mass is 9.86. The van der Waals surface area contributed by atoms with E-state index < -0.39 is 0 Å². The Hall–Kier alpha value is -0.870. The number of rotatable bonds is 4. The third kappa shape index (κ3) is 3.61. The largest absolute Gasteiger partial charge is 0.393 e. The molecule has 20 heavy (non-hydrogen) atoms. The number of anilines is 1. The van der Waals surface area contributed by atoms with E-state index >= 15 is 0 Å². The van der Waals surface area contributed by atoms with Crippen LogP contribution in [0.4, 0.5) is 5.82 Å². The Morgan fingerprint density at radius 2 is 2.00 bits per heavy atom. The molecular formula is C15H24ClN3O. The van der Waals surface area contributed by atoms with Crippen LogP contribution in [0, 0.1) is 12.8 Å². The Balaban J connectivity index is 2.08. The maximum atomic E-state index is 10.0. The molecule has 1 fully saturated rings. The topological polar surface area (TPSA) is 58.0 Å². The van der Waals surface area contributed by atoms with E-state index in [-0.39, 0.29) is 12.0 Å². The second-order valence-corrected chi connectivity index (χ2v) is 6.35. The molecule has 1 heterocycles. The molecule has 2 atom stereocenters. The summed E-state index contributed by atoms with van der Waals surface area (Å²) in [4.78, 5) is 8.86. The van der Waals surface area contributed by atoms with Crippen LogP contribution in [-0.2, 0) is 0 Å². The number of halogens is 1. The number of nitrogens with zero attached hydrogens (tertiary/aromatic N) is 2. The number of aliphatic hydroxyl groups is 1. The van der Waals surface area contributed by atoms with Crippen LogP contribution in [0.1, 0.15) is 56.8 Å². The lowest BCUT2D eigenvalue weighted by molar-refractivity contribution is 0.0763. The predicted molar refractivity (Wildman–Crippen MR) is 82.3 cm³/mol. The zero-order valence-electron chi connectivity index (χ0n) is 12.5. The zero-order valence-corrected chi connectivity index (χ0v) is 13.2. The highest BCUT2D eigenvalue weighted by Crippen LogP contribution is 2.27. The molecule has 2 rings (SSSR count). The van der Waals surface area contributed by atoms with Gasteiger partial charge in [-0.2, -0.15) is 0 Å². The number of aromatic nitrogens is 2. The minimum Gasteiger partial charge on any atom is -0.393 e. The lowest BCUT2D eigenvalue weighted by Crippen LogP contribution is -2.30. The van der Waals surface area contributed by atoms with Gasteiger partial charge >= 0.3 is 0 Å². The summed E-state index contributed by atoms with van der Waals surface area (Å²) in [5.74, 6) is 2.10. The van der Waals surface area contributed by atoms with E-state index in [1.807, 2.05) is 6.92 Å². The number of hydrogen-bond donors (Lipinski definition) is 2. The molecular weight excluding hydrogens is 274 g/mol. The van der Waals surface area contributed by atoms with Gasteiger partial charge < -0.3 is 10.4 Å². The third-order valence-electron chi connectivity index (χ3n) is 4.02. The smallest absolute Gasteiger partial charge is 0.137 e. The summed E-state index contributed by atoms with van der Waals surface area (Å²) in [7, 11) is 0. The molecule has 0 spiro atoms. The highest BCUT2D eigenvalue weighted by atomic mass is 35.5. The summed E-state index contributed by atoms with van der Waals surface area (Å²) in [6, 6.07) is 0. The summed E-state index contributed by atoms with van der Waals surface area (Å²) in [5, 5.41) is 13.9. The molecule has 1 aliphatic rings. The van der Waals surface area contributed by atoms with E-state index in [1.165, 1.54) is 6.42 Å². The van der Waals surface area contributed by atoms with Gasteiger partial charge in [-0.3, -0.25) is 0 Å². The van der Waals surface area contributed by atoms with Crippen molar-refractivity contribution in [3.05, 3.63) is 16.5 Å². The maximum Gasteiger partial charge on any atom is 0.137 e. The number of hydrogen-bond acceptors (Lipinski definition) is 4. The molecule has 0 radical (unpaired) electrons. The van der Waals surface area contributed by atoms with Gasteiger partial charge in [0.2, 0.25) is 0 Å². The van der Waals surface area contributed by atoms with E-state index in [0.29, 0.717) is 11.1 Å². The molecule has 0 aromatic carbocycles. The fourth-order valence-corrected chi connectivity index (χ4v) is 2.77. The molecule has 1 aliphatic carbocycles. The van der Waals surface area contributed by atoms with Gasteiger partial charge in [0.25, 0.3) is 0 Å². The Labute approximate surface area is 126 Å². The molecule has 4 nitrogen and oxygen atoms in total. The van der Waals surface area contributed by atoms with Gasteiger partial charge in [0.05, 0.1) is 6.10 Å². The number of nitrogens with one attached hydrogen (secondary N) is 1. The van der Waals surface area contributed by atoms with Crippen molar-refractivity contribution < 1.29 is 5.11 Å². The van der Waals surface area contributed by atoms with Crippen molar-refractivity contribution >= 4 is 17.4 Å². The van der Waals surface area contributed by atoms with Crippen LogP contribution >= 0.6 is 11.6 Å². The van der Waals surface area contributed by atoms with Crippen LogP contribution in [0.2, 0.25) is 5.15 Å².